The summed E-state index contributed by atoms with van der Waals surface area (Å²) in [5.74, 6) is 2.81. The van der Waals surface area contributed by atoms with Gasteiger partial charge in [0.2, 0.25) is 0 Å². The Balaban J connectivity index is 1.77. The fourth-order valence-corrected chi connectivity index (χ4v) is 4.48. The van der Waals surface area contributed by atoms with E-state index < -0.39 is 0 Å². The Morgan fingerprint density at radius 1 is 0.650 bits per heavy atom. The van der Waals surface area contributed by atoms with Gasteiger partial charge in [-0.25, -0.2) is 0 Å². The van der Waals surface area contributed by atoms with Crippen LogP contribution in [0.1, 0.15) is 91.4 Å². The predicted octanol–water partition coefficient (Wildman–Crippen LogP) is 5.54. The van der Waals surface area contributed by atoms with Crippen LogP contribution in [0.3, 0.4) is 0 Å². The lowest BCUT2D eigenvalue weighted by Crippen LogP contribution is -2.40. The number of hydrogen-bond acceptors (Lipinski definition) is 1. The van der Waals surface area contributed by atoms with Crippen LogP contribution in [0, 0.1) is 17.8 Å². The van der Waals surface area contributed by atoms with Crippen LogP contribution in [0.15, 0.2) is 0 Å². The molecule has 3 atom stereocenters. The minimum absolute atomic E-state index is 0.744. The Morgan fingerprint density at radius 3 is 1.95 bits per heavy atom. The lowest BCUT2D eigenvalue weighted by molar-refractivity contribution is 0.290. The SMILES string of the molecule is CC(C)C1CCCC(N[C@@H](C)C2CCCCCC2)CC1. The molecule has 0 bridgehead atoms. The van der Waals surface area contributed by atoms with Crippen LogP contribution >= 0.6 is 0 Å². The molecule has 0 heterocycles. The van der Waals surface area contributed by atoms with Crippen molar-refractivity contribution in [2.24, 2.45) is 17.8 Å². The van der Waals surface area contributed by atoms with Crippen LogP contribution in [-0.4, -0.2) is 12.1 Å². The third-order valence-corrected chi connectivity index (χ3v) is 6.06. The van der Waals surface area contributed by atoms with Crippen LogP contribution in [0.25, 0.3) is 0 Å². The van der Waals surface area contributed by atoms with E-state index in [-0.39, 0.29) is 0 Å². The highest BCUT2D eigenvalue weighted by atomic mass is 14.9. The highest BCUT2D eigenvalue weighted by Crippen LogP contribution is 2.30. The molecule has 2 aliphatic rings. The minimum atomic E-state index is 0.744. The van der Waals surface area contributed by atoms with Crippen LogP contribution in [-0.2, 0) is 0 Å². The van der Waals surface area contributed by atoms with Gasteiger partial charge in [0.15, 0.2) is 0 Å². The average Bonchev–Trinajstić information content (AvgIpc) is 2.80. The molecule has 0 amide bonds. The quantitative estimate of drug-likeness (QED) is 0.666. The van der Waals surface area contributed by atoms with E-state index in [0.29, 0.717) is 0 Å². The molecule has 118 valence electrons. The second-order valence-corrected chi connectivity index (χ2v) is 7.92. The summed E-state index contributed by atoms with van der Waals surface area (Å²) < 4.78 is 0. The third kappa shape index (κ3) is 5.06. The summed E-state index contributed by atoms with van der Waals surface area (Å²) in [4.78, 5) is 0. The van der Waals surface area contributed by atoms with Crippen molar-refractivity contribution in [3.05, 3.63) is 0 Å². The normalized spacial score (nSPS) is 31.8. The van der Waals surface area contributed by atoms with E-state index in [4.69, 9.17) is 0 Å². The molecule has 0 aromatic carbocycles. The average molecular weight is 280 g/mol. The van der Waals surface area contributed by atoms with Crippen molar-refractivity contribution in [1.82, 2.24) is 5.32 Å². The van der Waals surface area contributed by atoms with E-state index in [2.05, 4.69) is 26.1 Å². The van der Waals surface area contributed by atoms with Gasteiger partial charge in [-0.3, -0.25) is 0 Å². The zero-order valence-corrected chi connectivity index (χ0v) is 14.2. The molecule has 0 aliphatic heterocycles. The van der Waals surface area contributed by atoms with Gasteiger partial charge in [-0.2, -0.15) is 0 Å². The summed E-state index contributed by atoms with van der Waals surface area (Å²) in [5, 5.41) is 4.02. The molecule has 2 fully saturated rings. The summed E-state index contributed by atoms with van der Waals surface area (Å²) in [6, 6.07) is 1.55. The van der Waals surface area contributed by atoms with Crippen molar-refractivity contribution >= 4 is 0 Å². The maximum absolute atomic E-state index is 4.02. The zero-order chi connectivity index (χ0) is 14.4. The van der Waals surface area contributed by atoms with Crippen molar-refractivity contribution in [2.75, 3.05) is 0 Å². The van der Waals surface area contributed by atoms with Gasteiger partial charge in [-0.05, 0) is 56.8 Å². The molecule has 0 saturated heterocycles. The Hall–Kier alpha value is -0.0400. The van der Waals surface area contributed by atoms with E-state index in [1.54, 1.807) is 0 Å². The smallest absolute Gasteiger partial charge is 0.00697 e. The van der Waals surface area contributed by atoms with Crippen molar-refractivity contribution in [3.8, 4) is 0 Å². The highest BCUT2D eigenvalue weighted by Gasteiger charge is 2.24. The molecule has 1 nitrogen and oxygen atoms in total. The van der Waals surface area contributed by atoms with Crippen molar-refractivity contribution in [2.45, 2.75) is 103 Å². The third-order valence-electron chi connectivity index (χ3n) is 6.06. The summed E-state index contributed by atoms with van der Waals surface area (Å²) in [5.41, 5.74) is 0. The molecule has 1 N–H and O–H groups in total. The van der Waals surface area contributed by atoms with Crippen molar-refractivity contribution < 1.29 is 0 Å². The molecule has 2 aliphatic carbocycles. The lowest BCUT2D eigenvalue weighted by Gasteiger charge is -2.28. The zero-order valence-electron chi connectivity index (χ0n) is 14.2. The first-order chi connectivity index (χ1) is 9.66. The van der Waals surface area contributed by atoms with E-state index in [9.17, 15) is 0 Å². The fraction of sp³-hybridized carbons (Fsp3) is 1.00. The van der Waals surface area contributed by atoms with Gasteiger partial charge < -0.3 is 5.32 Å². The second-order valence-electron chi connectivity index (χ2n) is 7.92. The van der Waals surface area contributed by atoms with E-state index in [1.807, 2.05) is 0 Å². The van der Waals surface area contributed by atoms with Gasteiger partial charge in [-0.15, -0.1) is 0 Å². The Bertz CT molecular complexity index is 252. The van der Waals surface area contributed by atoms with Crippen LogP contribution in [0.4, 0.5) is 0 Å². The first-order valence-corrected chi connectivity index (χ1v) is 9.43. The topological polar surface area (TPSA) is 12.0 Å². The van der Waals surface area contributed by atoms with Gasteiger partial charge in [0, 0.05) is 12.1 Å². The van der Waals surface area contributed by atoms with E-state index in [0.717, 1.165) is 29.8 Å². The highest BCUT2D eigenvalue weighted by molar-refractivity contribution is 4.82. The summed E-state index contributed by atoms with van der Waals surface area (Å²) in [7, 11) is 0. The van der Waals surface area contributed by atoms with Gasteiger partial charge in [0.1, 0.15) is 0 Å². The van der Waals surface area contributed by atoms with Gasteiger partial charge in [0.05, 0.1) is 0 Å². The predicted molar refractivity (Wildman–Crippen MR) is 89.0 cm³/mol. The Morgan fingerprint density at radius 2 is 1.30 bits per heavy atom. The minimum Gasteiger partial charge on any atom is -0.311 e. The van der Waals surface area contributed by atoms with E-state index in [1.165, 1.54) is 70.6 Å². The van der Waals surface area contributed by atoms with E-state index >= 15 is 0 Å². The second kappa shape index (κ2) is 8.41. The fourth-order valence-electron chi connectivity index (χ4n) is 4.48. The number of hydrogen-bond donors (Lipinski definition) is 1. The summed E-state index contributed by atoms with van der Waals surface area (Å²) in [6.07, 6.45) is 16.0. The number of rotatable bonds is 4. The standard InChI is InChI=1S/C19H37N/c1-15(2)17-11-8-12-19(14-13-17)20-16(3)18-9-6-4-5-7-10-18/h15-20H,4-14H2,1-3H3/t16-,17?,19?/m0/s1. The maximum Gasteiger partial charge on any atom is 0.00697 e. The Labute approximate surface area is 127 Å². The summed E-state index contributed by atoms with van der Waals surface area (Å²) in [6.45, 7) is 7.28. The molecule has 0 radical (unpaired) electrons. The summed E-state index contributed by atoms with van der Waals surface area (Å²) >= 11 is 0. The molecule has 0 aromatic rings. The molecule has 2 unspecified atom stereocenters. The van der Waals surface area contributed by atoms with Crippen LogP contribution in [0.2, 0.25) is 0 Å². The van der Waals surface area contributed by atoms with Crippen molar-refractivity contribution in [1.29, 1.82) is 0 Å². The molecular weight excluding hydrogens is 242 g/mol. The molecule has 2 rings (SSSR count). The first kappa shape index (κ1) is 16.3. The first-order valence-electron chi connectivity index (χ1n) is 9.43. The lowest BCUT2D eigenvalue weighted by atomic mass is 9.89. The van der Waals surface area contributed by atoms with Crippen molar-refractivity contribution in [3.63, 3.8) is 0 Å². The van der Waals surface area contributed by atoms with Gasteiger partial charge in [-0.1, -0.05) is 52.4 Å². The monoisotopic (exact) mass is 279 g/mol. The molecule has 0 spiro atoms. The van der Waals surface area contributed by atoms with Gasteiger partial charge >= 0.3 is 0 Å². The molecule has 20 heavy (non-hydrogen) atoms. The Kier molecular flexibility index (Phi) is 6.87. The molecule has 2 saturated carbocycles. The molecule has 0 aromatic heterocycles. The van der Waals surface area contributed by atoms with Gasteiger partial charge in [0.25, 0.3) is 0 Å². The van der Waals surface area contributed by atoms with Crippen LogP contribution in [0.5, 0.6) is 0 Å². The molecule has 1 heteroatoms. The maximum atomic E-state index is 4.02. The molecular formula is C19H37N. The largest absolute Gasteiger partial charge is 0.311 e. The number of nitrogens with one attached hydrogen (secondary N) is 1. The van der Waals surface area contributed by atoms with Crippen LogP contribution < -0.4 is 5.32 Å².